The van der Waals surface area contributed by atoms with Gasteiger partial charge in [-0.25, -0.2) is 9.48 Å². The third kappa shape index (κ3) is 5.53. The summed E-state index contributed by atoms with van der Waals surface area (Å²) in [5.41, 5.74) is 0.811. The highest BCUT2D eigenvalue weighted by molar-refractivity contribution is 7.87. The van der Waals surface area contributed by atoms with Crippen LogP contribution < -0.4 is 10.4 Å². The third-order valence-electron chi connectivity index (χ3n) is 5.15. The van der Waals surface area contributed by atoms with Crippen LogP contribution in [0.4, 0.5) is 0 Å². The minimum atomic E-state index is -3.62. The molecule has 160 valence electrons. The van der Waals surface area contributed by atoms with Crippen LogP contribution in [0, 0.1) is 0 Å². The summed E-state index contributed by atoms with van der Waals surface area (Å²) in [4.78, 5) is 14.6. The Morgan fingerprint density at radius 3 is 2.59 bits per heavy atom. The van der Waals surface area contributed by atoms with E-state index in [9.17, 15) is 13.2 Å². The quantitative estimate of drug-likeness (QED) is 0.660. The molecule has 1 aliphatic rings. The molecule has 0 fully saturated rings. The van der Waals surface area contributed by atoms with E-state index in [-0.39, 0.29) is 11.7 Å². The van der Waals surface area contributed by atoms with Gasteiger partial charge in [-0.15, -0.1) is 0 Å². The molecule has 10 heteroatoms. The summed E-state index contributed by atoms with van der Waals surface area (Å²) in [7, 11) is 1.87. The lowest BCUT2D eigenvalue weighted by Gasteiger charge is -2.22. The maximum absolute atomic E-state index is 12.7. The number of rotatable bonds is 8. The Morgan fingerprint density at radius 1 is 1.17 bits per heavy atom. The molecule has 0 amide bonds. The summed E-state index contributed by atoms with van der Waals surface area (Å²) < 4.78 is 32.7. The van der Waals surface area contributed by atoms with Gasteiger partial charge < -0.3 is 4.90 Å². The van der Waals surface area contributed by atoms with Crippen molar-refractivity contribution in [2.24, 2.45) is 0 Å². The lowest BCUT2D eigenvalue weighted by atomic mass is 10.1. The second kappa shape index (κ2) is 9.21. The molecule has 3 rings (SSSR count). The van der Waals surface area contributed by atoms with Gasteiger partial charge >= 0.3 is 5.69 Å². The molecule has 1 unspecified atom stereocenters. The molecule has 0 spiro atoms. The fourth-order valence-electron chi connectivity index (χ4n) is 3.41. The van der Waals surface area contributed by atoms with Gasteiger partial charge in [0.1, 0.15) is 5.82 Å². The van der Waals surface area contributed by atoms with Gasteiger partial charge in [0.2, 0.25) is 0 Å². The zero-order chi connectivity index (χ0) is 21.0. The molecule has 0 saturated heterocycles. The Morgan fingerprint density at radius 2 is 1.90 bits per heavy atom. The van der Waals surface area contributed by atoms with E-state index in [1.54, 1.807) is 11.6 Å². The van der Waals surface area contributed by atoms with E-state index < -0.39 is 10.2 Å². The summed E-state index contributed by atoms with van der Waals surface area (Å²) in [6.07, 6.45) is 1.74. The predicted octanol–water partition coefficient (Wildman–Crippen LogP) is 0.278. The average molecular weight is 423 g/mol. The average Bonchev–Trinajstić information content (AvgIpc) is 2.84. The fraction of sp³-hybridized carbons (Fsp3) is 0.579. The van der Waals surface area contributed by atoms with Crippen molar-refractivity contribution in [3.63, 3.8) is 0 Å². The maximum Gasteiger partial charge on any atom is 0.345 e. The van der Waals surface area contributed by atoms with Gasteiger partial charge in [0.25, 0.3) is 10.2 Å². The van der Waals surface area contributed by atoms with Crippen molar-refractivity contribution in [1.29, 1.82) is 0 Å². The number of fused-ring (bicyclic) bond motifs is 1. The summed E-state index contributed by atoms with van der Waals surface area (Å²) in [6, 6.07) is 9.26. The summed E-state index contributed by atoms with van der Waals surface area (Å²) in [6.45, 7) is 2.06. The van der Waals surface area contributed by atoms with Crippen molar-refractivity contribution in [3.05, 3.63) is 52.2 Å². The lowest BCUT2D eigenvalue weighted by Crippen LogP contribution is -2.43. The summed E-state index contributed by atoms with van der Waals surface area (Å²) >= 11 is 0. The lowest BCUT2D eigenvalue weighted by molar-refractivity contribution is 0.366. The van der Waals surface area contributed by atoms with Gasteiger partial charge in [0.05, 0.1) is 6.54 Å². The van der Waals surface area contributed by atoms with Crippen molar-refractivity contribution < 1.29 is 8.42 Å². The van der Waals surface area contributed by atoms with Crippen molar-refractivity contribution in [2.75, 3.05) is 27.7 Å². The van der Waals surface area contributed by atoms with Gasteiger partial charge in [-0.1, -0.05) is 30.3 Å². The maximum atomic E-state index is 12.7. The molecule has 9 nitrogen and oxygen atoms in total. The molecule has 0 aliphatic carbocycles. The molecule has 2 aromatic rings. The van der Waals surface area contributed by atoms with E-state index in [1.165, 1.54) is 8.99 Å². The van der Waals surface area contributed by atoms with Gasteiger partial charge in [0, 0.05) is 39.1 Å². The van der Waals surface area contributed by atoms with E-state index in [0.717, 1.165) is 17.9 Å². The van der Waals surface area contributed by atoms with Crippen LogP contribution in [0.25, 0.3) is 0 Å². The Balaban J connectivity index is 1.61. The first-order chi connectivity index (χ1) is 13.8. The van der Waals surface area contributed by atoms with Crippen molar-refractivity contribution in [2.45, 2.75) is 44.9 Å². The van der Waals surface area contributed by atoms with Crippen LogP contribution in [0.15, 0.2) is 35.1 Å². The Bertz CT molecular complexity index is 968. The molecule has 0 saturated carbocycles. The van der Waals surface area contributed by atoms with Crippen LogP contribution >= 0.6 is 0 Å². The van der Waals surface area contributed by atoms with E-state index in [0.29, 0.717) is 38.9 Å². The van der Waals surface area contributed by atoms with Gasteiger partial charge in [-0.05, 0) is 32.5 Å². The molecule has 2 heterocycles. The second-order valence-electron chi connectivity index (χ2n) is 7.77. The van der Waals surface area contributed by atoms with Gasteiger partial charge in [0.15, 0.2) is 0 Å². The van der Waals surface area contributed by atoms with Crippen molar-refractivity contribution in [3.8, 4) is 0 Å². The zero-order valence-electron chi connectivity index (χ0n) is 17.3. The molecule has 1 aromatic carbocycles. The van der Waals surface area contributed by atoms with Crippen molar-refractivity contribution in [1.82, 2.24) is 28.3 Å². The van der Waals surface area contributed by atoms with Crippen LogP contribution in [0.5, 0.6) is 0 Å². The number of hydrogen-bond donors (Lipinski definition) is 1. The molecule has 1 N–H and O–H groups in total. The first-order valence-electron chi connectivity index (χ1n) is 9.85. The standard InChI is InChI=1S/C19H30N6O3S/c1-22(2)13-14-25-19(26)24-12-11-17(9-10-18(24)20-25)21-29(27,28)23(3)15-16-7-5-4-6-8-16/h4-8,17,21H,9-15H2,1-3H3. The predicted molar refractivity (Wildman–Crippen MR) is 112 cm³/mol. The monoisotopic (exact) mass is 422 g/mol. The number of benzene rings is 1. The molecular formula is C19H30N6O3S. The highest BCUT2D eigenvalue weighted by Gasteiger charge is 2.26. The minimum Gasteiger partial charge on any atom is -0.308 e. The molecule has 0 radical (unpaired) electrons. The fourth-order valence-corrected chi connectivity index (χ4v) is 4.57. The van der Waals surface area contributed by atoms with Gasteiger partial charge in [-0.2, -0.15) is 22.5 Å². The minimum absolute atomic E-state index is 0.119. The smallest absolute Gasteiger partial charge is 0.308 e. The topological polar surface area (TPSA) is 92.5 Å². The van der Waals surface area contributed by atoms with Crippen LogP contribution in [0.2, 0.25) is 0 Å². The Kier molecular flexibility index (Phi) is 6.89. The third-order valence-corrected chi connectivity index (χ3v) is 6.73. The molecular weight excluding hydrogens is 392 g/mol. The number of nitrogens with one attached hydrogen (secondary N) is 1. The molecule has 1 atom stereocenters. The molecule has 0 bridgehead atoms. The highest BCUT2D eigenvalue weighted by atomic mass is 32.2. The SMILES string of the molecule is CN(C)CCn1nc2n(c1=O)CCC(NS(=O)(=O)N(C)Cc1ccccc1)CC2. The number of hydrogen-bond acceptors (Lipinski definition) is 5. The molecule has 29 heavy (non-hydrogen) atoms. The van der Waals surface area contributed by atoms with Crippen LogP contribution in [-0.2, 0) is 36.3 Å². The largest absolute Gasteiger partial charge is 0.345 e. The first kappa shape index (κ1) is 21.7. The van der Waals surface area contributed by atoms with E-state index >= 15 is 0 Å². The second-order valence-corrected chi connectivity index (χ2v) is 9.57. The van der Waals surface area contributed by atoms with Crippen molar-refractivity contribution >= 4 is 10.2 Å². The van der Waals surface area contributed by atoms with Crippen LogP contribution in [-0.4, -0.2) is 65.7 Å². The summed E-state index contributed by atoms with van der Waals surface area (Å²) in [5.74, 6) is 0.730. The van der Waals surface area contributed by atoms with E-state index in [4.69, 9.17) is 0 Å². The Labute approximate surface area is 172 Å². The number of nitrogens with zero attached hydrogens (tertiary/aromatic N) is 5. The first-order valence-corrected chi connectivity index (χ1v) is 11.3. The van der Waals surface area contributed by atoms with E-state index in [1.807, 2.05) is 49.3 Å². The number of aromatic nitrogens is 3. The highest BCUT2D eigenvalue weighted by Crippen LogP contribution is 2.14. The molecule has 1 aliphatic heterocycles. The normalized spacial score (nSPS) is 17.5. The van der Waals surface area contributed by atoms with Crippen LogP contribution in [0.3, 0.4) is 0 Å². The van der Waals surface area contributed by atoms with Gasteiger partial charge in [-0.3, -0.25) is 4.57 Å². The number of aryl methyl sites for hydroxylation is 1. The molecule has 1 aromatic heterocycles. The van der Waals surface area contributed by atoms with E-state index in [2.05, 4.69) is 9.82 Å². The van der Waals surface area contributed by atoms with Crippen LogP contribution in [0.1, 0.15) is 24.2 Å². The zero-order valence-corrected chi connectivity index (χ0v) is 18.1. The summed E-state index contributed by atoms with van der Waals surface area (Å²) in [5, 5.41) is 4.46. The number of likely N-dealkylation sites (N-methyl/N-ethyl adjacent to an activating group) is 1. The Hall–Kier alpha value is -2.01.